The fraction of sp³-hybridized carbons (Fsp3) is 0.312. The van der Waals surface area contributed by atoms with E-state index in [1.165, 1.54) is 6.20 Å². The molecule has 0 saturated heterocycles. The lowest BCUT2D eigenvalue weighted by molar-refractivity contribution is -0.231. The quantitative estimate of drug-likeness (QED) is 0.590. The number of hydrogen-bond donors (Lipinski definition) is 0. The number of pyridine rings is 1. The van der Waals surface area contributed by atoms with Crippen molar-refractivity contribution in [1.82, 2.24) is 4.57 Å². The highest BCUT2D eigenvalue weighted by atomic mass is 19.2. The van der Waals surface area contributed by atoms with Crippen LogP contribution in [-0.2, 0) is 21.0 Å². The zero-order valence-corrected chi connectivity index (χ0v) is 12.9. The maximum absolute atomic E-state index is 14.0. The van der Waals surface area contributed by atoms with Crippen molar-refractivity contribution in [3.63, 3.8) is 0 Å². The zero-order valence-electron chi connectivity index (χ0n) is 12.9. The minimum Gasteiger partial charge on any atom is -0.343 e. The lowest BCUT2D eigenvalue weighted by atomic mass is 9.95. The molecule has 2 aromatic rings. The van der Waals surface area contributed by atoms with E-state index < -0.39 is 34.6 Å². The molecule has 0 fully saturated rings. The molecule has 2 heterocycles. The highest BCUT2D eigenvalue weighted by Crippen LogP contribution is 2.32. The van der Waals surface area contributed by atoms with Gasteiger partial charge < -0.3 is 4.57 Å². The Balaban J connectivity index is 2.27. The van der Waals surface area contributed by atoms with E-state index in [1.807, 2.05) is 6.92 Å². The van der Waals surface area contributed by atoms with Crippen LogP contribution in [0.5, 0.6) is 0 Å². The summed E-state index contributed by atoms with van der Waals surface area (Å²) in [5.41, 5.74) is -0.858. The van der Waals surface area contributed by atoms with Crippen LogP contribution < -0.4 is 5.43 Å². The maximum atomic E-state index is 14.0. The summed E-state index contributed by atoms with van der Waals surface area (Å²) in [7, 11) is 0. The highest BCUT2D eigenvalue weighted by Gasteiger charge is 2.27. The number of carbonyl (C=O) groups is 2. The molecule has 0 N–H and O–H groups in total. The molecule has 24 heavy (non-hydrogen) atoms. The van der Waals surface area contributed by atoms with Gasteiger partial charge in [0.05, 0.1) is 5.52 Å². The maximum Gasteiger partial charge on any atom is 0.391 e. The van der Waals surface area contributed by atoms with Gasteiger partial charge in [0.2, 0.25) is 5.43 Å². The second kappa shape index (κ2) is 5.70. The van der Waals surface area contributed by atoms with E-state index in [0.29, 0.717) is 6.42 Å². The van der Waals surface area contributed by atoms with Crippen LogP contribution in [0.25, 0.3) is 10.9 Å². The van der Waals surface area contributed by atoms with Crippen molar-refractivity contribution in [2.75, 3.05) is 0 Å². The SMILES string of the molecule is CC(=O)OOC(=O)c1cn2c3c(c(F)c(F)cc3c1=O)CC[C@@H]2C. The number of rotatable bonds is 1. The second-order valence-corrected chi connectivity index (χ2v) is 5.66. The summed E-state index contributed by atoms with van der Waals surface area (Å²) in [6, 6.07) is 0.638. The summed E-state index contributed by atoms with van der Waals surface area (Å²) in [5, 5.41) is -0.118. The van der Waals surface area contributed by atoms with Crippen molar-refractivity contribution < 1.29 is 28.1 Å². The number of nitrogens with zero attached hydrogens (tertiary/aromatic N) is 1. The Hall–Kier alpha value is -2.77. The van der Waals surface area contributed by atoms with Gasteiger partial charge in [-0.15, -0.1) is 0 Å². The molecular weight excluding hydrogens is 324 g/mol. The van der Waals surface area contributed by atoms with Gasteiger partial charge in [0.15, 0.2) is 11.6 Å². The molecule has 1 aromatic carbocycles. The standard InChI is InChI=1S/C16H13F2NO5/c1-7-3-4-9-13(18)12(17)5-10-14(9)19(7)6-11(15(10)21)16(22)24-23-8(2)20/h5-7H,3-4H2,1-2H3/t7-/m0/s1. The Morgan fingerprint density at radius 3 is 2.67 bits per heavy atom. The topological polar surface area (TPSA) is 74.6 Å². The molecule has 1 aliphatic rings. The average Bonchev–Trinajstić information content (AvgIpc) is 2.53. The molecule has 0 radical (unpaired) electrons. The van der Waals surface area contributed by atoms with E-state index in [1.54, 1.807) is 4.57 Å². The van der Waals surface area contributed by atoms with Crippen molar-refractivity contribution in [2.24, 2.45) is 0 Å². The molecule has 1 aliphatic heterocycles. The Bertz CT molecular complexity index is 934. The zero-order chi connectivity index (χ0) is 17.6. The van der Waals surface area contributed by atoms with Gasteiger partial charge in [-0.1, -0.05) is 0 Å². The number of aromatic nitrogens is 1. The van der Waals surface area contributed by atoms with Crippen molar-refractivity contribution in [2.45, 2.75) is 32.7 Å². The Labute approximate surface area is 134 Å². The summed E-state index contributed by atoms with van der Waals surface area (Å²) in [4.78, 5) is 43.6. The third-order valence-electron chi connectivity index (χ3n) is 4.04. The number of hydrogen-bond acceptors (Lipinski definition) is 5. The number of aryl methyl sites for hydroxylation is 1. The predicted molar refractivity (Wildman–Crippen MR) is 78.3 cm³/mol. The van der Waals surface area contributed by atoms with Gasteiger partial charge in [0.25, 0.3) is 0 Å². The number of carbonyl (C=O) groups excluding carboxylic acids is 2. The second-order valence-electron chi connectivity index (χ2n) is 5.66. The normalized spacial score (nSPS) is 16.1. The van der Waals surface area contributed by atoms with Crippen molar-refractivity contribution in [3.8, 4) is 0 Å². The molecule has 126 valence electrons. The van der Waals surface area contributed by atoms with Crippen LogP contribution in [-0.4, -0.2) is 16.5 Å². The van der Waals surface area contributed by atoms with Crippen LogP contribution in [0.2, 0.25) is 0 Å². The Morgan fingerprint density at radius 2 is 2.00 bits per heavy atom. The summed E-state index contributed by atoms with van der Waals surface area (Å²) in [6.45, 7) is 2.85. The van der Waals surface area contributed by atoms with Crippen LogP contribution in [0.1, 0.15) is 42.2 Å². The van der Waals surface area contributed by atoms with Crippen LogP contribution in [0.3, 0.4) is 0 Å². The number of halogens is 2. The molecule has 0 bridgehead atoms. The Morgan fingerprint density at radius 1 is 1.29 bits per heavy atom. The first-order valence-electron chi connectivity index (χ1n) is 7.26. The van der Waals surface area contributed by atoms with Gasteiger partial charge in [-0.3, -0.25) is 4.79 Å². The van der Waals surface area contributed by atoms with E-state index in [9.17, 15) is 23.2 Å². The molecular formula is C16H13F2NO5. The smallest absolute Gasteiger partial charge is 0.343 e. The summed E-state index contributed by atoms with van der Waals surface area (Å²) in [5.74, 6) is -4.18. The van der Waals surface area contributed by atoms with E-state index in [2.05, 4.69) is 9.78 Å². The van der Waals surface area contributed by atoms with Crippen molar-refractivity contribution in [1.29, 1.82) is 0 Å². The molecule has 1 aromatic heterocycles. The molecule has 6 nitrogen and oxygen atoms in total. The molecule has 0 saturated carbocycles. The molecule has 0 amide bonds. The third-order valence-corrected chi connectivity index (χ3v) is 4.04. The fourth-order valence-electron chi connectivity index (χ4n) is 2.90. The van der Waals surface area contributed by atoms with Gasteiger partial charge in [-0.05, 0) is 25.8 Å². The minimum absolute atomic E-state index is 0.111. The summed E-state index contributed by atoms with van der Waals surface area (Å²) >= 11 is 0. The lowest BCUT2D eigenvalue weighted by Gasteiger charge is -2.26. The first-order chi connectivity index (χ1) is 11.3. The average molecular weight is 337 g/mol. The first kappa shape index (κ1) is 16.1. The highest BCUT2D eigenvalue weighted by molar-refractivity contribution is 5.94. The van der Waals surface area contributed by atoms with Crippen LogP contribution in [0, 0.1) is 11.6 Å². The lowest BCUT2D eigenvalue weighted by Crippen LogP contribution is -2.26. The van der Waals surface area contributed by atoms with E-state index in [4.69, 9.17) is 0 Å². The van der Waals surface area contributed by atoms with Gasteiger partial charge >= 0.3 is 11.9 Å². The molecule has 3 rings (SSSR count). The first-order valence-corrected chi connectivity index (χ1v) is 7.26. The largest absolute Gasteiger partial charge is 0.391 e. The van der Waals surface area contributed by atoms with Crippen LogP contribution in [0.15, 0.2) is 17.1 Å². The van der Waals surface area contributed by atoms with Crippen molar-refractivity contribution >= 4 is 22.8 Å². The van der Waals surface area contributed by atoms with Crippen LogP contribution >= 0.6 is 0 Å². The summed E-state index contributed by atoms with van der Waals surface area (Å²) in [6.07, 6.45) is 2.03. The minimum atomic E-state index is -1.18. The fourth-order valence-corrected chi connectivity index (χ4v) is 2.90. The monoisotopic (exact) mass is 337 g/mol. The molecule has 8 heteroatoms. The molecule has 1 atom stereocenters. The predicted octanol–water partition coefficient (Wildman–Crippen LogP) is 2.42. The van der Waals surface area contributed by atoms with E-state index in [-0.39, 0.29) is 28.9 Å². The molecule has 0 unspecified atom stereocenters. The van der Waals surface area contributed by atoms with Crippen molar-refractivity contribution in [3.05, 3.63) is 45.2 Å². The van der Waals surface area contributed by atoms with Gasteiger partial charge in [-0.25, -0.2) is 28.1 Å². The third kappa shape index (κ3) is 2.44. The molecule has 0 aliphatic carbocycles. The van der Waals surface area contributed by atoms with Gasteiger partial charge in [0.1, 0.15) is 5.56 Å². The van der Waals surface area contributed by atoms with Gasteiger partial charge in [-0.2, -0.15) is 0 Å². The molecule has 0 spiro atoms. The van der Waals surface area contributed by atoms with Crippen LogP contribution in [0.4, 0.5) is 8.78 Å². The summed E-state index contributed by atoms with van der Waals surface area (Å²) < 4.78 is 29.4. The Kier molecular flexibility index (Phi) is 3.82. The van der Waals surface area contributed by atoms with Gasteiger partial charge in [0, 0.05) is 30.1 Å². The van der Waals surface area contributed by atoms with E-state index >= 15 is 0 Å². The number of benzene rings is 1. The van der Waals surface area contributed by atoms with E-state index in [0.717, 1.165) is 13.0 Å².